The van der Waals surface area contributed by atoms with Crippen molar-refractivity contribution in [3.05, 3.63) is 0 Å². The third-order valence-electron chi connectivity index (χ3n) is 0. The van der Waals surface area contributed by atoms with Crippen LogP contribution < -0.4 is 0 Å². The third-order valence-corrected chi connectivity index (χ3v) is 0. The SMILES string of the molecule is FC(F)(F)[Te+]. The second-order valence-electron chi connectivity index (χ2n) is 0.446. The van der Waals surface area contributed by atoms with E-state index < -0.39 is 4.22 Å². The molecule has 5 heavy (non-hydrogen) atoms. The van der Waals surface area contributed by atoms with Crippen molar-refractivity contribution in [1.82, 2.24) is 0 Å². The Kier molecular flexibility index (Phi) is 1.51. The Morgan fingerprint density at radius 1 is 1.20 bits per heavy atom. The van der Waals surface area contributed by atoms with Crippen LogP contribution in [-0.2, 0) is 0 Å². The molecule has 0 heterocycles. The van der Waals surface area contributed by atoms with Crippen molar-refractivity contribution in [2.45, 2.75) is 4.22 Å². The van der Waals surface area contributed by atoms with E-state index in [9.17, 15) is 13.2 Å². The van der Waals surface area contributed by atoms with E-state index >= 15 is 0 Å². The van der Waals surface area contributed by atoms with Gasteiger partial charge in [0, 0.05) is 0 Å². The van der Waals surface area contributed by atoms with E-state index in [2.05, 4.69) is 0 Å². The molecule has 0 saturated carbocycles. The minimum atomic E-state index is -3.99. The average Bonchev–Trinajstić information content (AvgIpc) is 0.722. The molecule has 0 saturated heterocycles. The normalized spacial score (nSPS) is 12.0. The van der Waals surface area contributed by atoms with E-state index in [-0.39, 0.29) is 22.3 Å². The summed E-state index contributed by atoms with van der Waals surface area (Å²) < 4.78 is 27.1. The zero-order valence-electron chi connectivity index (χ0n) is 2.04. The molecule has 0 aliphatic rings. The number of rotatable bonds is 0. The van der Waals surface area contributed by atoms with Crippen LogP contribution >= 0.6 is 0 Å². The quantitative estimate of drug-likeness (QED) is 0.500. The first-order valence-electron chi connectivity index (χ1n) is 0.771. The summed E-state index contributed by atoms with van der Waals surface area (Å²) in [4.78, 5) is 0. The maximum atomic E-state index is 10.4. The molecule has 0 bridgehead atoms. The van der Waals surface area contributed by atoms with Gasteiger partial charge in [-0.05, 0) is 0 Å². The summed E-state index contributed by atoms with van der Waals surface area (Å²) in [7, 11) is 0. The van der Waals surface area contributed by atoms with E-state index in [0.717, 1.165) is 0 Å². The van der Waals surface area contributed by atoms with Crippen molar-refractivity contribution in [3.8, 4) is 0 Å². The van der Waals surface area contributed by atoms with Crippen molar-refractivity contribution in [2.24, 2.45) is 0 Å². The fourth-order valence-corrected chi connectivity index (χ4v) is 0. The summed E-state index contributed by atoms with van der Waals surface area (Å²) in [6, 6.07) is 0. The molecule has 0 rings (SSSR count). The molecular weight excluding hydrogens is 197 g/mol. The summed E-state index contributed by atoms with van der Waals surface area (Å²) >= 11 is 0.124. The Bertz CT molecular complexity index is 22.4. The number of halogens is 3. The molecule has 0 aromatic heterocycles. The standard InChI is InChI=1S/CF3Te/c2-1(3,4)5/q+1. The van der Waals surface area contributed by atoms with Gasteiger partial charge in [0.2, 0.25) is 0 Å². The Morgan fingerprint density at radius 2 is 1.20 bits per heavy atom. The van der Waals surface area contributed by atoms with E-state index in [4.69, 9.17) is 0 Å². The Morgan fingerprint density at radius 3 is 1.20 bits per heavy atom. The monoisotopic (exact) mass is 199 g/mol. The maximum absolute atomic E-state index is 10.4. The fourth-order valence-electron chi connectivity index (χ4n) is 0. The molecule has 0 aliphatic heterocycles. The molecule has 0 aliphatic carbocycles. The van der Waals surface area contributed by atoms with Crippen LogP contribution in [0.25, 0.3) is 0 Å². The molecule has 0 fully saturated rings. The molecule has 0 atom stereocenters. The van der Waals surface area contributed by atoms with Crippen LogP contribution in [0.1, 0.15) is 0 Å². The van der Waals surface area contributed by atoms with E-state index in [1.165, 1.54) is 0 Å². The summed E-state index contributed by atoms with van der Waals surface area (Å²) in [5, 5.41) is 0. The van der Waals surface area contributed by atoms with Crippen LogP contribution in [0, 0.1) is 0 Å². The predicted octanol–water partition coefficient (Wildman–Crippen LogP) is 0.675. The van der Waals surface area contributed by atoms with Gasteiger partial charge in [0.05, 0.1) is 0 Å². The van der Waals surface area contributed by atoms with Crippen LogP contribution in [-0.4, -0.2) is 26.5 Å². The van der Waals surface area contributed by atoms with Gasteiger partial charge in [0.15, 0.2) is 0 Å². The second kappa shape index (κ2) is 1.36. The van der Waals surface area contributed by atoms with Crippen LogP contribution in [0.15, 0.2) is 0 Å². The Hall–Kier alpha value is 0.580. The summed E-state index contributed by atoms with van der Waals surface area (Å²) in [6.45, 7) is 0. The first-order valence-corrected chi connectivity index (χ1v) is 1.94. The summed E-state index contributed by atoms with van der Waals surface area (Å²) in [5.74, 6) is 0. The second-order valence-corrected chi connectivity index (χ2v) is 1.77. The molecule has 30 valence electrons. The van der Waals surface area contributed by atoms with Gasteiger partial charge in [0.25, 0.3) is 0 Å². The van der Waals surface area contributed by atoms with Gasteiger partial charge in [-0.15, -0.1) is 0 Å². The van der Waals surface area contributed by atoms with Crippen molar-refractivity contribution in [2.75, 3.05) is 0 Å². The number of alkyl halides is 3. The van der Waals surface area contributed by atoms with Gasteiger partial charge in [-0.2, -0.15) is 0 Å². The van der Waals surface area contributed by atoms with E-state index in [1.54, 1.807) is 0 Å². The zero-order valence-corrected chi connectivity index (χ0v) is 4.37. The zero-order chi connectivity index (χ0) is 4.50. The molecule has 0 nitrogen and oxygen atoms in total. The molecule has 2 radical (unpaired) electrons. The van der Waals surface area contributed by atoms with Gasteiger partial charge in [-0.25, -0.2) is 0 Å². The first-order chi connectivity index (χ1) is 2.00. The molecule has 4 heteroatoms. The van der Waals surface area contributed by atoms with Crippen LogP contribution in [0.4, 0.5) is 13.2 Å². The van der Waals surface area contributed by atoms with E-state index in [1.807, 2.05) is 0 Å². The predicted molar refractivity (Wildman–Crippen MR) is 11.8 cm³/mol. The average molecular weight is 197 g/mol. The van der Waals surface area contributed by atoms with Gasteiger partial charge in [-0.3, -0.25) is 0 Å². The van der Waals surface area contributed by atoms with Crippen LogP contribution in [0.2, 0.25) is 0 Å². The van der Waals surface area contributed by atoms with Crippen molar-refractivity contribution >= 4 is 22.3 Å². The van der Waals surface area contributed by atoms with Gasteiger partial charge in [-0.1, -0.05) is 0 Å². The summed E-state index contributed by atoms with van der Waals surface area (Å²) in [5.41, 5.74) is 0. The van der Waals surface area contributed by atoms with E-state index in [0.29, 0.717) is 0 Å². The molecule has 0 spiro atoms. The Balaban J connectivity index is 3.02. The first kappa shape index (κ1) is 5.58. The fraction of sp³-hybridized carbons (Fsp3) is 1.00. The number of hydrogen-bond donors (Lipinski definition) is 0. The molecule has 0 amide bonds. The topological polar surface area (TPSA) is 0 Å². The molecule has 0 unspecified atom stereocenters. The van der Waals surface area contributed by atoms with Gasteiger partial charge >= 0.3 is 39.7 Å². The molecular formula is CF3Te+. The third kappa shape index (κ3) is 90.7. The van der Waals surface area contributed by atoms with Gasteiger partial charge in [0.1, 0.15) is 0 Å². The van der Waals surface area contributed by atoms with Crippen LogP contribution in [0.3, 0.4) is 0 Å². The van der Waals surface area contributed by atoms with Crippen molar-refractivity contribution in [1.29, 1.82) is 0 Å². The molecule has 0 aromatic rings. The Labute approximate surface area is 40.3 Å². The summed E-state index contributed by atoms with van der Waals surface area (Å²) in [6.07, 6.45) is 0. The van der Waals surface area contributed by atoms with Crippen molar-refractivity contribution < 1.29 is 13.2 Å². The van der Waals surface area contributed by atoms with Crippen molar-refractivity contribution in [3.63, 3.8) is 0 Å². The van der Waals surface area contributed by atoms with Crippen LogP contribution in [0.5, 0.6) is 0 Å². The molecule has 0 N–H and O–H groups in total. The number of hydrogen-bond acceptors (Lipinski definition) is 0. The van der Waals surface area contributed by atoms with Gasteiger partial charge < -0.3 is 0 Å². The minimum absolute atomic E-state index is 0.124. The molecule has 0 aromatic carbocycles.